The number of halogens is 2. The van der Waals surface area contributed by atoms with E-state index in [1.54, 1.807) is 0 Å². The zero-order chi connectivity index (χ0) is 13.7. The molecule has 19 heavy (non-hydrogen) atoms. The van der Waals surface area contributed by atoms with Crippen molar-refractivity contribution in [2.24, 2.45) is 0 Å². The maximum atomic E-state index is 12.3. The molecule has 2 saturated heterocycles. The molecule has 0 saturated carbocycles. The normalized spacial score (nSPS) is 27.4. The van der Waals surface area contributed by atoms with Crippen LogP contribution in [0, 0.1) is 0 Å². The van der Waals surface area contributed by atoms with Gasteiger partial charge in [-0.05, 0) is 6.42 Å². The molecule has 0 aliphatic carbocycles. The van der Waals surface area contributed by atoms with Crippen molar-refractivity contribution in [1.82, 2.24) is 15.1 Å². The molecule has 1 N–H and O–H groups in total. The van der Waals surface area contributed by atoms with Crippen LogP contribution in [-0.2, 0) is 4.79 Å². The molecule has 0 aromatic heterocycles. The van der Waals surface area contributed by atoms with E-state index < -0.39 is 0 Å². The molecule has 0 aromatic rings. The van der Waals surface area contributed by atoms with Crippen molar-refractivity contribution >= 4 is 40.9 Å². The van der Waals surface area contributed by atoms with Gasteiger partial charge in [-0.3, -0.25) is 9.69 Å². The van der Waals surface area contributed by atoms with Gasteiger partial charge < -0.3 is 10.2 Å². The van der Waals surface area contributed by atoms with E-state index in [1.165, 1.54) is 0 Å². The van der Waals surface area contributed by atoms with Crippen LogP contribution in [0.4, 0.5) is 0 Å². The summed E-state index contributed by atoms with van der Waals surface area (Å²) >= 11 is 13.5. The second kappa shape index (κ2) is 7.93. The molecule has 2 aliphatic rings. The minimum Gasteiger partial charge on any atom is -0.331 e. The van der Waals surface area contributed by atoms with Gasteiger partial charge in [0.25, 0.3) is 0 Å². The monoisotopic (exact) mass is 325 g/mol. The lowest BCUT2D eigenvalue weighted by Gasteiger charge is -2.27. The number of carbonyl (C=O) groups excluding carboxylic acids is 1. The summed E-state index contributed by atoms with van der Waals surface area (Å²) in [5.74, 6) is 3.37. The molecular formula is C12H21Cl2N3OS. The largest absolute Gasteiger partial charge is 0.331 e. The van der Waals surface area contributed by atoms with Crippen molar-refractivity contribution in [3.63, 3.8) is 0 Å². The van der Waals surface area contributed by atoms with E-state index >= 15 is 0 Å². The van der Waals surface area contributed by atoms with Crippen molar-refractivity contribution in [3.8, 4) is 0 Å². The summed E-state index contributed by atoms with van der Waals surface area (Å²) in [5.41, 5.74) is 0. The van der Waals surface area contributed by atoms with Crippen LogP contribution in [0.2, 0.25) is 0 Å². The van der Waals surface area contributed by atoms with E-state index in [0.717, 1.165) is 44.2 Å². The molecule has 7 heteroatoms. The van der Waals surface area contributed by atoms with Crippen LogP contribution in [-0.4, -0.2) is 77.4 Å². The summed E-state index contributed by atoms with van der Waals surface area (Å²) in [6, 6.07) is 0.346. The summed E-state index contributed by atoms with van der Waals surface area (Å²) in [6.07, 6.45) is 0.869. The van der Waals surface area contributed by atoms with E-state index in [1.807, 2.05) is 16.7 Å². The highest BCUT2D eigenvalue weighted by atomic mass is 35.5. The van der Waals surface area contributed by atoms with Crippen molar-refractivity contribution in [2.45, 2.75) is 18.5 Å². The van der Waals surface area contributed by atoms with Crippen LogP contribution >= 0.6 is 35.0 Å². The molecule has 2 heterocycles. The van der Waals surface area contributed by atoms with Gasteiger partial charge in [-0.1, -0.05) is 0 Å². The Kier molecular flexibility index (Phi) is 6.56. The molecule has 0 radical (unpaired) electrons. The average Bonchev–Trinajstić information content (AvgIpc) is 3.09. The lowest BCUT2D eigenvalue weighted by molar-refractivity contribution is -0.131. The number of hydrogen-bond acceptors (Lipinski definition) is 4. The molecule has 1 unspecified atom stereocenters. The van der Waals surface area contributed by atoms with Gasteiger partial charge >= 0.3 is 0 Å². The Bertz CT molecular complexity index is 297. The lowest BCUT2D eigenvalue weighted by atomic mass is 10.1. The van der Waals surface area contributed by atoms with Crippen LogP contribution in [0.15, 0.2) is 0 Å². The number of carbonyl (C=O) groups is 1. The molecule has 2 fully saturated rings. The fraction of sp³-hybridized carbons (Fsp3) is 0.917. The molecule has 2 atom stereocenters. The fourth-order valence-electron chi connectivity index (χ4n) is 2.69. The third-order valence-electron chi connectivity index (χ3n) is 3.73. The second-order valence-electron chi connectivity index (χ2n) is 4.90. The molecule has 1 amide bonds. The maximum absolute atomic E-state index is 12.3. The summed E-state index contributed by atoms with van der Waals surface area (Å²) in [4.78, 5) is 16.6. The summed E-state index contributed by atoms with van der Waals surface area (Å²) in [5, 5.41) is 3.35. The second-order valence-corrected chi connectivity index (χ2v) is 6.73. The van der Waals surface area contributed by atoms with Gasteiger partial charge in [0.05, 0.1) is 11.9 Å². The Hall–Kier alpha value is 0.320. The Balaban J connectivity index is 1.85. The van der Waals surface area contributed by atoms with Crippen LogP contribution in [0.25, 0.3) is 0 Å². The number of hydrogen-bond donors (Lipinski definition) is 1. The first-order chi connectivity index (χ1) is 9.26. The van der Waals surface area contributed by atoms with Crippen molar-refractivity contribution < 1.29 is 4.79 Å². The van der Waals surface area contributed by atoms with Crippen molar-refractivity contribution in [2.75, 3.05) is 49.6 Å². The molecule has 0 spiro atoms. The first kappa shape index (κ1) is 15.7. The minimum atomic E-state index is -0.0307. The smallest absolute Gasteiger partial charge is 0.240 e. The van der Waals surface area contributed by atoms with Crippen LogP contribution in [0.3, 0.4) is 0 Å². The van der Waals surface area contributed by atoms with E-state index in [9.17, 15) is 4.79 Å². The predicted octanol–water partition coefficient (Wildman–Crippen LogP) is 1.03. The van der Waals surface area contributed by atoms with Crippen molar-refractivity contribution in [3.05, 3.63) is 0 Å². The van der Waals surface area contributed by atoms with Gasteiger partial charge in [-0.2, -0.15) is 0 Å². The highest BCUT2D eigenvalue weighted by molar-refractivity contribution is 7.99. The highest BCUT2D eigenvalue weighted by Crippen LogP contribution is 2.20. The topological polar surface area (TPSA) is 35.6 Å². The Morgan fingerprint density at radius 3 is 2.68 bits per heavy atom. The Labute approximate surface area is 129 Å². The first-order valence-electron chi connectivity index (χ1n) is 6.72. The lowest BCUT2D eigenvalue weighted by Crippen LogP contribution is -2.42. The molecule has 110 valence electrons. The van der Waals surface area contributed by atoms with E-state index in [2.05, 4.69) is 10.2 Å². The number of nitrogens with one attached hydrogen (secondary N) is 1. The number of alkyl halides is 2. The van der Waals surface area contributed by atoms with Gasteiger partial charge in [-0.15, -0.1) is 35.0 Å². The van der Waals surface area contributed by atoms with Crippen LogP contribution in [0.1, 0.15) is 6.42 Å². The molecular weight excluding hydrogens is 305 g/mol. The fourth-order valence-corrected chi connectivity index (χ4v) is 4.08. The van der Waals surface area contributed by atoms with E-state index in [-0.39, 0.29) is 11.9 Å². The van der Waals surface area contributed by atoms with Gasteiger partial charge in [0.15, 0.2) is 0 Å². The van der Waals surface area contributed by atoms with Crippen LogP contribution < -0.4 is 5.32 Å². The Morgan fingerprint density at radius 2 is 2.11 bits per heavy atom. The van der Waals surface area contributed by atoms with Gasteiger partial charge in [-0.25, -0.2) is 0 Å². The predicted molar refractivity (Wildman–Crippen MR) is 82.2 cm³/mol. The zero-order valence-corrected chi connectivity index (χ0v) is 13.3. The molecule has 0 bridgehead atoms. The minimum absolute atomic E-state index is 0.0307. The number of amides is 1. The first-order valence-corrected chi connectivity index (χ1v) is 8.94. The third-order valence-corrected chi connectivity index (χ3v) is 5.03. The van der Waals surface area contributed by atoms with Crippen LogP contribution in [0.5, 0.6) is 0 Å². The number of rotatable bonds is 6. The summed E-state index contributed by atoms with van der Waals surface area (Å²) in [6.45, 7) is 3.41. The SMILES string of the molecule is O=C([C@@H]1CC(N(CCCl)CCCl)CN1)N1CCSC1. The quantitative estimate of drug-likeness (QED) is 0.740. The van der Waals surface area contributed by atoms with Gasteiger partial charge in [0, 0.05) is 49.7 Å². The van der Waals surface area contributed by atoms with Crippen molar-refractivity contribution in [1.29, 1.82) is 0 Å². The highest BCUT2D eigenvalue weighted by Gasteiger charge is 2.35. The summed E-state index contributed by atoms with van der Waals surface area (Å²) < 4.78 is 0. The van der Waals surface area contributed by atoms with Gasteiger partial charge in [0.1, 0.15) is 0 Å². The maximum Gasteiger partial charge on any atom is 0.240 e. The van der Waals surface area contributed by atoms with Gasteiger partial charge in [0.2, 0.25) is 5.91 Å². The number of thioether (sulfide) groups is 1. The summed E-state index contributed by atoms with van der Waals surface area (Å²) in [7, 11) is 0. The number of nitrogens with zero attached hydrogens (tertiary/aromatic N) is 2. The molecule has 2 rings (SSSR count). The van der Waals surface area contributed by atoms with E-state index in [0.29, 0.717) is 17.8 Å². The average molecular weight is 326 g/mol. The molecule has 2 aliphatic heterocycles. The molecule has 0 aromatic carbocycles. The molecule has 4 nitrogen and oxygen atoms in total. The van der Waals surface area contributed by atoms with E-state index in [4.69, 9.17) is 23.2 Å². The standard InChI is InChI=1S/C12H21Cl2N3OS/c13-1-3-16(4-2-14)10-7-11(15-8-10)12(18)17-5-6-19-9-17/h10-11,15H,1-9H2/t10?,11-/m0/s1. The zero-order valence-electron chi connectivity index (χ0n) is 11.0. The third kappa shape index (κ3) is 4.14. The Morgan fingerprint density at radius 1 is 1.37 bits per heavy atom.